The Morgan fingerprint density at radius 1 is 1.26 bits per heavy atom. The van der Waals surface area contributed by atoms with E-state index < -0.39 is 5.97 Å². The fourth-order valence-electron chi connectivity index (χ4n) is 2.65. The monoisotopic (exact) mass is 261 g/mol. The third-order valence-corrected chi connectivity index (χ3v) is 3.69. The molecule has 2 rings (SSSR count). The molecule has 4 nitrogen and oxygen atoms in total. The molecule has 1 aliphatic carbocycles. The number of hydrogen-bond donors (Lipinski definition) is 1. The number of rotatable bonds is 5. The van der Waals surface area contributed by atoms with Crippen LogP contribution in [0.3, 0.4) is 0 Å². The molecule has 19 heavy (non-hydrogen) atoms. The van der Waals surface area contributed by atoms with E-state index >= 15 is 0 Å². The Morgan fingerprint density at radius 3 is 2.32 bits per heavy atom. The second kappa shape index (κ2) is 5.87. The Morgan fingerprint density at radius 2 is 1.84 bits per heavy atom. The van der Waals surface area contributed by atoms with E-state index in [4.69, 9.17) is 5.11 Å². The summed E-state index contributed by atoms with van der Waals surface area (Å²) < 4.78 is 0. The Kier molecular flexibility index (Phi) is 4.20. The second-order valence-corrected chi connectivity index (χ2v) is 4.94. The molecule has 1 aliphatic rings. The zero-order chi connectivity index (χ0) is 13.8. The van der Waals surface area contributed by atoms with Gasteiger partial charge in [0, 0.05) is 19.0 Å². The van der Waals surface area contributed by atoms with Gasteiger partial charge in [0.05, 0.1) is 6.42 Å². The number of nitrogens with zero attached hydrogens (tertiary/aromatic N) is 1. The molecule has 0 unspecified atom stereocenters. The van der Waals surface area contributed by atoms with Crippen molar-refractivity contribution in [2.75, 3.05) is 13.1 Å². The Labute approximate surface area is 113 Å². The molecule has 1 aromatic carbocycles. The molecule has 0 saturated heterocycles. The SMILES string of the molecule is CCN(CCC(=O)O)C(=O)C1Cc2ccccc2C1. The third-order valence-electron chi connectivity index (χ3n) is 3.69. The zero-order valence-electron chi connectivity index (χ0n) is 11.1. The van der Waals surface area contributed by atoms with E-state index in [2.05, 4.69) is 12.1 Å². The van der Waals surface area contributed by atoms with E-state index in [1.165, 1.54) is 11.1 Å². The number of carboxylic acids is 1. The van der Waals surface area contributed by atoms with Crippen LogP contribution in [0.1, 0.15) is 24.5 Å². The normalized spacial score (nSPS) is 14.2. The number of fused-ring (bicyclic) bond motifs is 1. The smallest absolute Gasteiger partial charge is 0.305 e. The van der Waals surface area contributed by atoms with E-state index in [9.17, 15) is 9.59 Å². The molecule has 4 heteroatoms. The summed E-state index contributed by atoms with van der Waals surface area (Å²) in [5, 5.41) is 8.71. The van der Waals surface area contributed by atoms with Crippen LogP contribution in [0.4, 0.5) is 0 Å². The highest BCUT2D eigenvalue weighted by molar-refractivity contribution is 5.81. The predicted molar refractivity (Wildman–Crippen MR) is 71.8 cm³/mol. The van der Waals surface area contributed by atoms with Crippen molar-refractivity contribution in [3.63, 3.8) is 0 Å². The molecule has 0 fully saturated rings. The molecule has 0 atom stereocenters. The summed E-state index contributed by atoms with van der Waals surface area (Å²) in [6.07, 6.45) is 1.57. The maximum atomic E-state index is 12.4. The molecule has 1 amide bonds. The van der Waals surface area contributed by atoms with Crippen molar-refractivity contribution in [1.29, 1.82) is 0 Å². The van der Waals surface area contributed by atoms with Gasteiger partial charge in [-0.25, -0.2) is 0 Å². The van der Waals surface area contributed by atoms with Gasteiger partial charge in [-0.15, -0.1) is 0 Å². The lowest BCUT2D eigenvalue weighted by molar-refractivity contribution is -0.139. The van der Waals surface area contributed by atoms with Gasteiger partial charge in [0.2, 0.25) is 5.91 Å². The van der Waals surface area contributed by atoms with Gasteiger partial charge in [0.25, 0.3) is 0 Å². The van der Waals surface area contributed by atoms with Crippen LogP contribution in [0.15, 0.2) is 24.3 Å². The van der Waals surface area contributed by atoms with Crippen LogP contribution in [0.5, 0.6) is 0 Å². The zero-order valence-corrected chi connectivity index (χ0v) is 11.1. The lowest BCUT2D eigenvalue weighted by atomic mass is 10.0. The van der Waals surface area contributed by atoms with Gasteiger partial charge in [-0.1, -0.05) is 24.3 Å². The molecule has 0 spiro atoms. The average molecular weight is 261 g/mol. The van der Waals surface area contributed by atoms with E-state index in [1.807, 2.05) is 19.1 Å². The van der Waals surface area contributed by atoms with Crippen molar-refractivity contribution >= 4 is 11.9 Å². The summed E-state index contributed by atoms with van der Waals surface area (Å²) in [6.45, 7) is 2.76. The average Bonchev–Trinajstić information content (AvgIpc) is 2.82. The highest BCUT2D eigenvalue weighted by Crippen LogP contribution is 2.27. The van der Waals surface area contributed by atoms with Gasteiger partial charge in [0.15, 0.2) is 0 Å². The highest BCUT2D eigenvalue weighted by Gasteiger charge is 2.29. The van der Waals surface area contributed by atoms with Crippen LogP contribution in [-0.2, 0) is 22.4 Å². The molecule has 0 aromatic heterocycles. The van der Waals surface area contributed by atoms with Crippen LogP contribution in [-0.4, -0.2) is 35.0 Å². The fraction of sp³-hybridized carbons (Fsp3) is 0.467. The van der Waals surface area contributed by atoms with E-state index in [0.717, 1.165) is 12.8 Å². The minimum Gasteiger partial charge on any atom is -0.481 e. The fourth-order valence-corrected chi connectivity index (χ4v) is 2.65. The van der Waals surface area contributed by atoms with Crippen LogP contribution in [0.25, 0.3) is 0 Å². The minimum atomic E-state index is -0.860. The van der Waals surface area contributed by atoms with Gasteiger partial charge in [0.1, 0.15) is 0 Å². The second-order valence-electron chi connectivity index (χ2n) is 4.94. The van der Waals surface area contributed by atoms with Gasteiger partial charge < -0.3 is 10.0 Å². The quantitative estimate of drug-likeness (QED) is 0.878. The molecule has 0 radical (unpaired) electrons. The molecule has 0 aliphatic heterocycles. The first kappa shape index (κ1) is 13.6. The van der Waals surface area contributed by atoms with E-state index in [0.29, 0.717) is 13.1 Å². The molecular weight excluding hydrogens is 242 g/mol. The first-order valence-corrected chi connectivity index (χ1v) is 6.69. The standard InChI is InChI=1S/C15H19NO3/c1-2-16(8-7-14(17)18)15(19)13-9-11-5-3-4-6-12(11)10-13/h3-6,13H,2,7-10H2,1H3,(H,17,18). The number of benzene rings is 1. The molecule has 1 N–H and O–H groups in total. The summed E-state index contributed by atoms with van der Waals surface area (Å²) in [6, 6.07) is 8.12. The number of aliphatic carboxylic acids is 1. The molecule has 1 aromatic rings. The van der Waals surface area contributed by atoms with Gasteiger partial charge in [-0.3, -0.25) is 9.59 Å². The van der Waals surface area contributed by atoms with Crippen molar-refractivity contribution in [3.05, 3.63) is 35.4 Å². The maximum absolute atomic E-state index is 12.4. The lowest BCUT2D eigenvalue weighted by Gasteiger charge is -2.23. The molecular formula is C15H19NO3. The number of carbonyl (C=O) groups excluding carboxylic acids is 1. The van der Waals surface area contributed by atoms with Gasteiger partial charge >= 0.3 is 5.97 Å². The van der Waals surface area contributed by atoms with Crippen molar-refractivity contribution in [3.8, 4) is 0 Å². The summed E-state index contributed by atoms with van der Waals surface area (Å²) in [4.78, 5) is 24.7. The highest BCUT2D eigenvalue weighted by atomic mass is 16.4. The van der Waals surface area contributed by atoms with Crippen LogP contribution in [0.2, 0.25) is 0 Å². The van der Waals surface area contributed by atoms with E-state index in [1.54, 1.807) is 4.90 Å². The van der Waals surface area contributed by atoms with Crippen molar-refractivity contribution < 1.29 is 14.7 Å². The molecule has 0 bridgehead atoms. The van der Waals surface area contributed by atoms with Gasteiger partial charge in [-0.05, 0) is 30.9 Å². The molecule has 0 heterocycles. The van der Waals surface area contributed by atoms with Crippen LogP contribution < -0.4 is 0 Å². The number of amides is 1. The van der Waals surface area contributed by atoms with E-state index in [-0.39, 0.29) is 18.2 Å². The number of hydrogen-bond acceptors (Lipinski definition) is 2. The van der Waals surface area contributed by atoms with Gasteiger partial charge in [-0.2, -0.15) is 0 Å². The summed E-state index contributed by atoms with van der Waals surface area (Å²) in [7, 11) is 0. The summed E-state index contributed by atoms with van der Waals surface area (Å²) in [5.41, 5.74) is 2.49. The van der Waals surface area contributed by atoms with Crippen molar-refractivity contribution in [2.24, 2.45) is 5.92 Å². The molecule has 102 valence electrons. The van der Waals surface area contributed by atoms with Crippen LogP contribution in [0, 0.1) is 5.92 Å². The van der Waals surface area contributed by atoms with Crippen LogP contribution >= 0.6 is 0 Å². The summed E-state index contributed by atoms with van der Waals surface area (Å²) >= 11 is 0. The maximum Gasteiger partial charge on any atom is 0.305 e. The Bertz CT molecular complexity index is 459. The molecule has 0 saturated carbocycles. The summed E-state index contributed by atoms with van der Waals surface area (Å²) in [5.74, 6) is -0.799. The Balaban J connectivity index is 1.99. The minimum absolute atomic E-state index is 0.0131. The largest absolute Gasteiger partial charge is 0.481 e. The first-order chi connectivity index (χ1) is 9.11. The van der Waals surface area contributed by atoms with Crippen molar-refractivity contribution in [1.82, 2.24) is 4.90 Å². The number of carboxylic acid groups (broad SMARTS) is 1. The third kappa shape index (κ3) is 3.13. The lowest BCUT2D eigenvalue weighted by Crippen LogP contribution is -2.37. The van der Waals surface area contributed by atoms with Crippen molar-refractivity contribution in [2.45, 2.75) is 26.2 Å². The number of carbonyl (C=O) groups is 2. The Hall–Kier alpha value is -1.84. The first-order valence-electron chi connectivity index (χ1n) is 6.69. The topological polar surface area (TPSA) is 57.6 Å². The predicted octanol–water partition coefficient (Wildman–Crippen LogP) is 1.72.